The predicted octanol–water partition coefficient (Wildman–Crippen LogP) is 23.2. The molecule has 12 nitrogen and oxygen atoms in total. The molecule has 11 heterocycles. The van der Waals surface area contributed by atoms with Crippen molar-refractivity contribution in [3.8, 4) is 135 Å². The van der Waals surface area contributed by atoms with E-state index in [2.05, 4.69) is 418 Å². The number of hydrogen-bond donors (Lipinski definition) is 0. The predicted molar refractivity (Wildman–Crippen MR) is 541 cm³/mol. The average Bonchev–Trinajstić information content (AvgIpc) is 1.66. The Labute approximate surface area is 790 Å². The number of pyridine rings is 10. The molecule has 0 spiro atoms. The van der Waals surface area contributed by atoms with Gasteiger partial charge in [0.1, 0.15) is 35.2 Å². The molecule has 0 aliphatic heterocycles. The van der Waals surface area contributed by atoms with Crippen LogP contribution in [0.1, 0.15) is 145 Å². The fraction of sp³-hybridized carbons (Fsp3) is 0.213. The van der Waals surface area contributed by atoms with Gasteiger partial charge in [-0.1, -0.05) is 131 Å². The smallest absolute Gasteiger partial charge is 0.264 e. The highest BCUT2D eigenvalue weighted by molar-refractivity contribution is 5.85. The fourth-order valence-corrected chi connectivity index (χ4v) is 20.7. The molecule has 0 amide bonds. The molecule has 0 fully saturated rings. The van der Waals surface area contributed by atoms with Gasteiger partial charge in [-0.15, -0.1) is 0 Å². The molecule has 6 aliphatic rings. The quantitative estimate of drug-likeness (QED) is 0.154. The van der Waals surface area contributed by atoms with Gasteiger partial charge in [0.25, 0.3) is 0 Å². The standard InChI is InChI=1S/2C21H21N2.4C20H19N2/c1-13-5-6-14(2)18(9-13)21-11-19-16(12-23(21)4)10-20-17(19)8-7-15(3)22-20;1-13-9-14(2)15(3)19(10-13)21-22-20-17(12-23(21)4)11-16-7-5-6-8-18(16)20;1-13-4-5-14(2)18(8-13)20-10-19-16(12-22(20)3)9-15-11-21-7-6-17(15)19;2*1-13-4-5-14(2)17(8-13)20-10-18-16(12-22(20)3)9-15-6-7-21-11-19(15)18;1-13-6-7-14(2)17(9-13)20-11-18-15(12-22(20)3)10-19-16(18)5-4-8-21-19/h5-9,11-12H,10H2,1-4H3;5-10,12H,11H2,1-4H3;3*4-8,10-12H,9H2,1-3H3;4-9,11-12H,10H2,1-3H3/q6*+1. The zero-order valence-corrected chi connectivity index (χ0v) is 81.2. The highest BCUT2D eigenvalue weighted by atomic mass is 15.0. The van der Waals surface area contributed by atoms with Crippen molar-refractivity contribution in [3.63, 3.8) is 0 Å². The molecule has 0 saturated heterocycles. The molecular weight excluding hydrogens is 1630 g/mol. The minimum atomic E-state index is 0.937. The Kier molecular flexibility index (Phi) is 24.0. The second kappa shape index (κ2) is 36.4. The third kappa shape index (κ3) is 17.3. The minimum absolute atomic E-state index is 0.937. The van der Waals surface area contributed by atoms with Gasteiger partial charge < -0.3 is 0 Å². The van der Waals surface area contributed by atoms with Crippen molar-refractivity contribution >= 4 is 0 Å². The zero-order valence-electron chi connectivity index (χ0n) is 81.2. The number of aryl methyl sites for hydroxylation is 19. The Morgan fingerprint density at radius 3 is 1.04 bits per heavy atom. The molecule has 0 bridgehead atoms. The van der Waals surface area contributed by atoms with Crippen LogP contribution in [-0.4, -0.2) is 29.9 Å². The Bertz CT molecular complexity index is 7220. The maximum atomic E-state index is 5.07. The Morgan fingerprint density at radius 1 is 0.216 bits per heavy atom. The third-order valence-corrected chi connectivity index (χ3v) is 28.1. The van der Waals surface area contributed by atoms with E-state index in [-0.39, 0.29) is 0 Å². The van der Waals surface area contributed by atoms with E-state index in [0.29, 0.717) is 0 Å². The summed E-state index contributed by atoms with van der Waals surface area (Å²) in [7, 11) is 12.8. The normalized spacial score (nSPS) is 12.1. The van der Waals surface area contributed by atoms with Gasteiger partial charge in [-0.3, -0.25) is 24.9 Å². The van der Waals surface area contributed by atoms with Crippen LogP contribution in [0.4, 0.5) is 0 Å². The van der Waals surface area contributed by atoms with Crippen molar-refractivity contribution in [3.05, 3.63) is 426 Å². The first-order valence-corrected chi connectivity index (χ1v) is 46.9. The van der Waals surface area contributed by atoms with E-state index in [4.69, 9.17) is 9.97 Å². The van der Waals surface area contributed by atoms with Gasteiger partial charge in [0.15, 0.2) is 36.7 Å². The summed E-state index contributed by atoms with van der Waals surface area (Å²) in [5, 5.41) is 0. The molecule has 0 N–H and O–H groups in total. The highest BCUT2D eigenvalue weighted by Gasteiger charge is 2.34. The second-order valence-electron chi connectivity index (χ2n) is 38.2. The van der Waals surface area contributed by atoms with Crippen LogP contribution in [0.5, 0.6) is 0 Å². The van der Waals surface area contributed by atoms with Gasteiger partial charge in [-0.2, -0.15) is 0 Å². The SMILES string of the molecule is Cc1cc(C)c(C)c(-c2nc3c(c[n+]2C)Cc2ccccc2-3)c1.Cc1ccc(C)c(-c2cc3c(c[n+]2C)Cc2ccncc2-3)c1.Cc1ccc(C)c(-c2cc3c(c[n+]2C)Cc2ccncc2-3)c1.Cc1ccc(C)c(-c2cc3c(c[n+]2C)Cc2cnccc2-3)c1.Cc1ccc(C)c(-c2cc3c(c[n+]2C)Cc2nc(C)ccc2-3)c1.Cc1ccc(C)c(-c2cc3c(c[n+]2C)Cc2ncccc2-3)c1. The minimum Gasteiger partial charge on any atom is -0.264 e. The van der Waals surface area contributed by atoms with Crippen LogP contribution in [0.3, 0.4) is 0 Å². The Balaban J connectivity index is 0.000000103. The number of aromatic nitrogens is 12. The maximum absolute atomic E-state index is 5.07. The Hall–Kier alpha value is -14.9. The Morgan fingerprint density at radius 2 is 0.575 bits per heavy atom. The molecule has 18 aromatic rings. The lowest BCUT2D eigenvalue weighted by molar-refractivity contribution is -0.663. The topological polar surface area (TPSA) is 101 Å². The van der Waals surface area contributed by atoms with Crippen LogP contribution < -0.4 is 27.4 Å². The van der Waals surface area contributed by atoms with Crippen molar-refractivity contribution in [1.29, 1.82) is 0 Å². The summed E-state index contributed by atoms with van der Waals surface area (Å²) in [5.74, 6) is 1.05. The first kappa shape index (κ1) is 88.4. The van der Waals surface area contributed by atoms with Gasteiger partial charge in [0.05, 0.1) is 30.2 Å². The molecule has 0 atom stereocenters. The lowest BCUT2D eigenvalue weighted by Gasteiger charge is -2.09. The van der Waals surface area contributed by atoms with Crippen LogP contribution in [0.25, 0.3) is 135 Å². The van der Waals surface area contributed by atoms with Crippen LogP contribution >= 0.6 is 0 Å². The van der Waals surface area contributed by atoms with E-state index >= 15 is 0 Å². The van der Waals surface area contributed by atoms with Crippen LogP contribution in [-0.2, 0) is 80.8 Å². The largest absolute Gasteiger partial charge is 0.331 e. The van der Waals surface area contributed by atoms with Gasteiger partial charge >= 0.3 is 5.82 Å². The summed E-state index contributed by atoms with van der Waals surface area (Å²) < 4.78 is 13.4. The molecule has 0 radical (unpaired) electrons. The summed E-state index contributed by atoms with van der Waals surface area (Å²) in [4.78, 5) is 27.2. The monoisotopic (exact) mass is 1750 g/mol. The van der Waals surface area contributed by atoms with Gasteiger partial charge in [0, 0.05) is 207 Å². The average molecular weight is 1750 g/mol. The molecule has 660 valence electrons. The lowest BCUT2D eigenvalue weighted by Crippen LogP contribution is -2.33. The molecule has 0 unspecified atom stereocenters. The second-order valence-corrected chi connectivity index (χ2v) is 38.2. The van der Waals surface area contributed by atoms with E-state index < -0.39 is 0 Å². The van der Waals surface area contributed by atoms with E-state index in [9.17, 15) is 0 Å². The van der Waals surface area contributed by atoms with Crippen molar-refractivity contribution in [2.45, 2.75) is 135 Å². The summed E-state index contributed by atoms with van der Waals surface area (Å²) in [6, 6.07) is 72.9. The molecule has 6 aliphatic carbocycles. The summed E-state index contributed by atoms with van der Waals surface area (Å²) >= 11 is 0. The van der Waals surface area contributed by atoms with Crippen molar-refractivity contribution in [1.82, 2.24) is 29.9 Å². The van der Waals surface area contributed by atoms with Crippen molar-refractivity contribution < 1.29 is 27.4 Å². The molecular formula is C122H118N12+6. The summed E-state index contributed by atoms with van der Waals surface area (Å²) in [6.45, 7) is 30.2. The van der Waals surface area contributed by atoms with Crippen molar-refractivity contribution in [2.75, 3.05) is 0 Å². The number of rotatable bonds is 6. The number of nitrogens with zero attached hydrogens (tertiary/aromatic N) is 12. The molecule has 12 heteroatoms. The van der Waals surface area contributed by atoms with Crippen molar-refractivity contribution in [2.24, 2.45) is 42.3 Å². The van der Waals surface area contributed by atoms with Crippen LogP contribution in [0, 0.1) is 96.9 Å². The molecule has 11 aromatic heterocycles. The van der Waals surface area contributed by atoms with E-state index in [0.717, 1.165) is 55.7 Å². The van der Waals surface area contributed by atoms with Gasteiger partial charge in [-0.25, -0.2) is 27.4 Å². The molecule has 7 aromatic carbocycles. The first-order valence-electron chi connectivity index (χ1n) is 46.9. The van der Waals surface area contributed by atoms with Gasteiger partial charge in [-0.05, 0) is 269 Å². The fourth-order valence-electron chi connectivity index (χ4n) is 20.7. The maximum Gasteiger partial charge on any atom is 0.331 e. The first-order chi connectivity index (χ1) is 64.6. The van der Waals surface area contributed by atoms with E-state index in [1.165, 1.54) is 262 Å². The number of benzene rings is 7. The summed E-state index contributed by atoms with van der Waals surface area (Å²) in [6.07, 6.45) is 33.0. The number of hydrogen-bond acceptors (Lipinski definition) is 6. The van der Waals surface area contributed by atoms with Crippen LogP contribution in [0.2, 0.25) is 0 Å². The van der Waals surface area contributed by atoms with Gasteiger partial charge in [0.2, 0.25) is 28.5 Å². The van der Waals surface area contributed by atoms with E-state index in [1.807, 2.05) is 49.4 Å². The van der Waals surface area contributed by atoms with Crippen LogP contribution in [0.15, 0.2) is 281 Å². The van der Waals surface area contributed by atoms with E-state index in [1.54, 1.807) is 0 Å². The third-order valence-electron chi connectivity index (χ3n) is 28.1. The summed E-state index contributed by atoms with van der Waals surface area (Å²) in [5.41, 5.74) is 63.8. The molecule has 134 heavy (non-hydrogen) atoms. The number of fused-ring (bicyclic) bond motifs is 18. The lowest BCUT2D eigenvalue weighted by atomic mass is 9.99. The highest BCUT2D eigenvalue weighted by Crippen LogP contribution is 2.45. The zero-order chi connectivity index (χ0) is 93.3. The molecule has 0 saturated carbocycles. The molecule has 24 rings (SSSR count).